The Hall–Kier alpha value is -1.90. The van der Waals surface area contributed by atoms with Gasteiger partial charge >= 0.3 is 5.97 Å². The van der Waals surface area contributed by atoms with Gasteiger partial charge < -0.3 is 14.8 Å². The van der Waals surface area contributed by atoms with Crippen LogP contribution in [-0.2, 0) is 19.5 Å². The average Bonchev–Trinajstić information content (AvgIpc) is 3.01. The lowest BCUT2D eigenvalue weighted by atomic mass is 9.94. The first kappa shape index (κ1) is 19.4. The first-order chi connectivity index (χ1) is 13.3. The van der Waals surface area contributed by atoms with Crippen molar-refractivity contribution in [2.24, 2.45) is 5.92 Å². The van der Waals surface area contributed by atoms with Gasteiger partial charge in [0.25, 0.3) is 0 Å². The summed E-state index contributed by atoms with van der Waals surface area (Å²) in [5.41, 5.74) is 0.800. The van der Waals surface area contributed by atoms with Crippen molar-refractivity contribution >= 4 is 26.9 Å². The normalized spacial score (nSPS) is 25.2. The van der Waals surface area contributed by atoms with Crippen LogP contribution in [-0.4, -0.2) is 55.5 Å². The highest BCUT2D eigenvalue weighted by Gasteiger charge is 2.34. The zero-order chi connectivity index (χ0) is 19.9. The van der Waals surface area contributed by atoms with Crippen LogP contribution in [0.4, 0.5) is 0 Å². The first-order valence-corrected chi connectivity index (χ1v) is 11.3. The van der Waals surface area contributed by atoms with Gasteiger partial charge in [0.1, 0.15) is 6.10 Å². The van der Waals surface area contributed by atoms with Crippen molar-refractivity contribution in [2.75, 3.05) is 19.0 Å². The van der Waals surface area contributed by atoms with Gasteiger partial charge in [-0.3, -0.25) is 0 Å². The molecule has 2 fully saturated rings. The molecule has 28 heavy (non-hydrogen) atoms. The van der Waals surface area contributed by atoms with Crippen molar-refractivity contribution in [3.8, 4) is 0 Å². The highest BCUT2D eigenvalue weighted by molar-refractivity contribution is 7.90. The van der Waals surface area contributed by atoms with Gasteiger partial charge in [-0.1, -0.05) is 32.0 Å². The van der Waals surface area contributed by atoms with Crippen molar-refractivity contribution in [3.05, 3.63) is 36.0 Å². The molecule has 1 N–H and O–H groups in total. The molecule has 4 rings (SSSR count). The number of morpholine rings is 1. The molecule has 0 spiro atoms. The Morgan fingerprint density at radius 3 is 2.61 bits per heavy atom. The molecule has 3 heterocycles. The largest absolute Gasteiger partial charge is 0.459 e. The maximum Gasteiger partial charge on any atom is 0.340 e. The van der Waals surface area contributed by atoms with Crippen molar-refractivity contribution in [1.29, 1.82) is 0 Å². The standard InChI is InChI=1S/C20H26N2O5S/c1-13(2)12-28(24,25)22-9-18(17-5-3-4-6-19(17)22)20(23)27-16-7-14-10-26-11-15(8-16)21-14/h3-6,9,13-16,21H,7-8,10-12H2,1-2H3/t14-,15+,16-. The van der Waals surface area contributed by atoms with Crippen LogP contribution in [0, 0.1) is 5.92 Å². The monoisotopic (exact) mass is 406 g/mol. The van der Waals surface area contributed by atoms with Gasteiger partial charge in [-0.15, -0.1) is 0 Å². The van der Waals surface area contributed by atoms with Gasteiger partial charge in [-0.2, -0.15) is 0 Å². The van der Waals surface area contributed by atoms with Crippen molar-refractivity contribution in [1.82, 2.24) is 9.29 Å². The highest BCUT2D eigenvalue weighted by Crippen LogP contribution is 2.27. The number of aromatic nitrogens is 1. The maximum atomic E-state index is 12.9. The lowest BCUT2D eigenvalue weighted by Gasteiger charge is -2.39. The molecule has 1 aromatic carbocycles. The summed E-state index contributed by atoms with van der Waals surface area (Å²) >= 11 is 0. The van der Waals surface area contributed by atoms with E-state index in [1.165, 1.54) is 10.2 Å². The number of nitrogens with one attached hydrogen (secondary N) is 1. The van der Waals surface area contributed by atoms with Crippen LogP contribution in [0.2, 0.25) is 0 Å². The Labute approximate surface area is 165 Å². The summed E-state index contributed by atoms with van der Waals surface area (Å²) < 4.78 is 38.2. The lowest BCUT2D eigenvalue weighted by molar-refractivity contribution is -0.0339. The summed E-state index contributed by atoms with van der Waals surface area (Å²) in [4.78, 5) is 12.9. The van der Waals surface area contributed by atoms with Crippen LogP contribution in [0.5, 0.6) is 0 Å². The maximum absolute atomic E-state index is 12.9. The average molecular weight is 407 g/mol. The van der Waals surface area contributed by atoms with Gasteiger partial charge in [0.2, 0.25) is 10.0 Å². The van der Waals surface area contributed by atoms with Crippen LogP contribution in [0.1, 0.15) is 37.0 Å². The van der Waals surface area contributed by atoms with E-state index in [2.05, 4.69) is 5.32 Å². The van der Waals surface area contributed by atoms with Crippen LogP contribution >= 0.6 is 0 Å². The molecule has 0 radical (unpaired) electrons. The molecule has 2 aliphatic heterocycles. The van der Waals surface area contributed by atoms with E-state index in [1.54, 1.807) is 24.3 Å². The Kier molecular flexibility index (Phi) is 5.20. The van der Waals surface area contributed by atoms with Gasteiger partial charge in [0, 0.05) is 36.5 Å². The number of fused-ring (bicyclic) bond motifs is 3. The summed E-state index contributed by atoms with van der Waals surface area (Å²) in [6.07, 6.45) is 2.62. The van der Waals surface area contributed by atoms with E-state index in [9.17, 15) is 13.2 Å². The number of nitrogens with zero attached hydrogens (tertiary/aromatic N) is 1. The number of piperidine rings is 1. The molecular formula is C20H26N2O5S. The molecule has 0 saturated carbocycles. The number of hydrogen-bond acceptors (Lipinski definition) is 6. The first-order valence-electron chi connectivity index (χ1n) is 9.71. The summed E-state index contributed by atoms with van der Waals surface area (Å²) in [6, 6.07) is 7.43. The van der Waals surface area contributed by atoms with Crippen LogP contribution in [0.3, 0.4) is 0 Å². The molecule has 0 amide bonds. The smallest absolute Gasteiger partial charge is 0.340 e. The minimum Gasteiger partial charge on any atom is -0.459 e. The van der Waals surface area contributed by atoms with E-state index in [1.807, 2.05) is 13.8 Å². The second kappa shape index (κ2) is 7.50. The SMILES string of the molecule is CC(C)CS(=O)(=O)n1cc(C(=O)O[C@H]2C[C@H]3COC[C@@H](C2)N3)c2ccccc21. The van der Waals surface area contributed by atoms with E-state index in [0.717, 1.165) is 0 Å². The molecule has 8 heteroatoms. The molecule has 152 valence electrons. The fourth-order valence-corrected chi connectivity index (χ4v) is 5.87. The van der Waals surface area contributed by atoms with Gasteiger partial charge in [0.15, 0.2) is 0 Å². The zero-order valence-electron chi connectivity index (χ0n) is 16.1. The van der Waals surface area contributed by atoms with Crippen molar-refractivity contribution in [3.63, 3.8) is 0 Å². The molecule has 3 atom stereocenters. The Morgan fingerprint density at radius 2 is 1.93 bits per heavy atom. The number of carbonyl (C=O) groups excluding carboxylic acids is 1. The Morgan fingerprint density at radius 1 is 1.25 bits per heavy atom. The summed E-state index contributed by atoms with van der Waals surface area (Å²) in [7, 11) is -3.56. The second-order valence-electron chi connectivity index (χ2n) is 8.12. The van der Waals surface area contributed by atoms with Gasteiger partial charge in [0.05, 0.1) is 30.0 Å². The lowest BCUT2D eigenvalue weighted by Crippen LogP contribution is -2.56. The second-order valence-corrected chi connectivity index (χ2v) is 10.0. The summed E-state index contributed by atoms with van der Waals surface area (Å²) in [5.74, 6) is -0.476. The van der Waals surface area contributed by atoms with E-state index < -0.39 is 16.0 Å². The van der Waals surface area contributed by atoms with E-state index in [0.29, 0.717) is 42.5 Å². The molecule has 2 aliphatic rings. The Bertz CT molecular complexity index is 970. The molecule has 0 unspecified atom stereocenters. The molecule has 1 aromatic heterocycles. The molecule has 2 saturated heterocycles. The number of esters is 1. The summed E-state index contributed by atoms with van der Waals surface area (Å²) in [6.45, 7) is 4.96. The third-order valence-corrected chi connectivity index (χ3v) is 7.21. The fourth-order valence-electron chi connectivity index (χ4n) is 4.14. The molecule has 0 aliphatic carbocycles. The van der Waals surface area contributed by atoms with Crippen LogP contribution in [0.25, 0.3) is 10.9 Å². The summed E-state index contributed by atoms with van der Waals surface area (Å²) in [5, 5.41) is 4.06. The van der Waals surface area contributed by atoms with E-state index in [4.69, 9.17) is 9.47 Å². The van der Waals surface area contributed by atoms with Gasteiger partial charge in [-0.05, 0) is 12.0 Å². The molecule has 2 bridgehead atoms. The fraction of sp³-hybridized carbons (Fsp3) is 0.550. The minimum absolute atomic E-state index is 0.0117. The predicted molar refractivity (Wildman–Crippen MR) is 106 cm³/mol. The minimum atomic E-state index is -3.56. The number of para-hydroxylation sites is 1. The van der Waals surface area contributed by atoms with Gasteiger partial charge in [-0.25, -0.2) is 17.2 Å². The number of benzene rings is 1. The highest BCUT2D eigenvalue weighted by atomic mass is 32.2. The van der Waals surface area contributed by atoms with Crippen molar-refractivity contribution in [2.45, 2.75) is 44.9 Å². The van der Waals surface area contributed by atoms with E-state index in [-0.39, 0.29) is 29.9 Å². The molecule has 7 nitrogen and oxygen atoms in total. The number of ether oxygens (including phenoxy) is 2. The topological polar surface area (TPSA) is 86.6 Å². The number of carbonyl (C=O) groups is 1. The number of rotatable bonds is 5. The quantitative estimate of drug-likeness (QED) is 0.766. The third-order valence-electron chi connectivity index (χ3n) is 5.22. The zero-order valence-corrected chi connectivity index (χ0v) is 16.9. The predicted octanol–water partition coefficient (Wildman–Crippen LogP) is 2.15. The molecular weight excluding hydrogens is 380 g/mol. The van der Waals surface area contributed by atoms with Crippen LogP contribution < -0.4 is 5.32 Å². The van der Waals surface area contributed by atoms with E-state index >= 15 is 0 Å². The number of hydrogen-bond donors (Lipinski definition) is 1. The molecule has 2 aromatic rings. The van der Waals surface area contributed by atoms with Crippen LogP contribution in [0.15, 0.2) is 30.5 Å². The third kappa shape index (κ3) is 3.81. The van der Waals surface area contributed by atoms with Crippen molar-refractivity contribution < 1.29 is 22.7 Å². The Balaban J connectivity index is 1.62.